The molecule has 2 N–H and O–H groups in total. The minimum atomic E-state index is -0.454. The molecule has 2 rings (SSSR count). The van der Waals surface area contributed by atoms with E-state index in [0.717, 1.165) is 42.0 Å². The van der Waals surface area contributed by atoms with Crippen LogP contribution in [0, 0.1) is 6.92 Å². The van der Waals surface area contributed by atoms with Crippen LogP contribution in [0.25, 0.3) is 0 Å². The van der Waals surface area contributed by atoms with Gasteiger partial charge in [0.05, 0.1) is 10.7 Å². The van der Waals surface area contributed by atoms with Crippen LogP contribution in [0.15, 0.2) is 18.2 Å². The Kier molecular flexibility index (Phi) is 5.79. The summed E-state index contributed by atoms with van der Waals surface area (Å²) in [7, 11) is 0. The molecule has 0 saturated heterocycles. The zero-order valence-electron chi connectivity index (χ0n) is 14.4. The van der Waals surface area contributed by atoms with Crippen LogP contribution < -0.4 is 10.6 Å². The number of halogens is 1. The number of rotatable bonds is 3. The van der Waals surface area contributed by atoms with Gasteiger partial charge in [-0.15, -0.1) is 0 Å². The molecule has 23 heavy (non-hydrogen) atoms. The smallest absolute Gasteiger partial charge is 0.407 e. The summed E-state index contributed by atoms with van der Waals surface area (Å²) in [6, 6.07) is 6.52. The highest BCUT2D eigenvalue weighted by Gasteiger charge is 2.25. The van der Waals surface area contributed by atoms with Crippen molar-refractivity contribution in [3.8, 4) is 0 Å². The molecule has 1 fully saturated rings. The van der Waals surface area contributed by atoms with Crippen LogP contribution in [-0.4, -0.2) is 23.8 Å². The first kappa shape index (κ1) is 17.9. The molecule has 0 heterocycles. The summed E-state index contributed by atoms with van der Waals surface area (Å²) >= 11 is 6.27. The SMILES string of the molecule is Cc1cccc(Cl)c1NC1CCC(NC(=O)OC(C)(C)C)CC1. The lowest BCUT2D eigenvalue weighted by atomic mass is 9.91. The number of para-hydroxylation sites is 1. The van der Waals surface area contributed by atoms with Gasteiger partial charge in [0.15, 0.2) is 0 Å². The van der Waals surface area contributed by atoms with E-state index in [4.69, 9.17) is 16.3 Å². The summed E-state index contributed by atoms with van der Waals surface area (Å²) in [6.45, 7) is 7.68. The molecule has 0 aromatic heterocycles. The van der Waals surface area contributed by atoms with Crippen molar-refractivity contribution in [3.63, 3.8) is 0 Å². The molecule has 1 aliphatic rings. The van der Waals surface area contributed by atoms with Gasteiger partial charge in [-0.25, -0.2) is 4.79 Å². The maximum atomic E-state index is 11.8. The molecule has 0 atom stereocenters. The first-order valence-corrected chi connectivity index (χ1v) is 8.63. The van der Waals surface area contributed by atoms with Crippen LogP contribution in [0.4, 0.5) is 10.5 Å². The summed E-state index contributed by atoms with van der Waals surface area (Å²) in [5.74, 6) is 0. The number of aryl methyl sites for hydroxylation is 1. The zero-order chi connectivity index (χ0) is 17.0. The quantitative estimate of drug-likeness (QED) is 0.824. The highest BCUT2D eigenvalue weighted by Crippen LogP contribution is 2.29. The van der Waals surface area contributed by atoms with Crippen molar-refractivity contribution in [1.29, 1.82) is 0 Å². The third-order valence-corrected chi connectivity index (χ3v) is 4.33. The lowest BCUT2D eigenvalue weighted by Crippen LogP contribution is -2.42. The number of anilines is 1. The van der Waals surface area contributed by atoms with E-state index in [0.29, 0.717) is 6.04 Å². The summed E-state index contributed by atoms with van der Waals surface area (Å²) in [4.78, 5) is 11.8. The number of alkyl carbamates (subject to hydrolysis) is 1. The third kappa shape index (κ3) is 5.61. The molecule has 0 unspecified atom stereocenters. The number of carbonyl (C=O) groups is 1. The van der Waals surface area contributed by atoms with Gasteiger partial charge in [-0.2, -0.15) is 0 Å². The molecule has 0 bridgehead atoms. The second-order valence-corrected chi connectivity index (χ2v) is 7.68. The van der Waals surface area contributed by atoms with Crippen LogP contribution >= 0.6 is 11.6 Å². The van der Waals surface area contributed by atoms with E-state index >= 15 is 0 Å². The number of hydrogen-bond donors (Lipinski definition) is 2. The van der Waals surface area contributed by atoms with Gasteiger partial charge in [0.25, 0.3) is 0 Å². The Bertz CT molecular complexity index is 526. The first-order valence-electron chi connectivity index (χ1n) is 8.26. The predicted molar refractivity (Wildman–Crippen MR) is 95.2 cm³/mol. The Morgan fingerprint density at radius 3 is 2.35 bits per heavy atom. The summed E-state index contributed by atoms with van der Waals surface area (Å²) in [5.41, 5.74) is 1.73. The van der Waals surface area contributed by atoms with E-state index in [9.17, 15) is 4.79 Å². The molecular weight excluding hydrogens is 312 g/mol. The molecule has 1 aromatic rings. The van der Waals surface area contributed by atoms with Crippen LogP contribution in [0.5, 0.6) is 0 Å². The summed E-state index contributed by atoms with van der Waals surface area (Å²) < 4.78 is 5.31. The fourth-order valence-corrected chi connectivity index (χ4v) is 3.15. The summed E-state index contributed by atoms with van der Waals surface area (Å²) in [5, 5.41) is 7.28. The number of nitrogens with one attached hydrogen (secondary N) is 2. The van der Waals surface area contributed by atoms with Gasteiger partial charge in [-0.05, 0) is 65.0 Å². The highest BCUT2D eigenvalue weighted by atomic mass is 35.5. The number of benzene rings is 1. The van der Waals surface area contributed by atoms with Gasteiger partial charge in [0, 0.05) is 12.1 Å². The second-order valence-electron chi connectivity index (χ2n) is 7.27. The van der Waals surface area contributed by atoms with Crippen LogP contribution in [0.3, 0.4) is 0 Å². The van der Waals surface area contributed by atoms with Gasteiger partial charge in [0.1, 0.15) is 5.60 Å². The highest BCUT2D eigenvalue weighted by molar-refractivity contribution is 6.33. The Morgan fingerprint density at radius 1 is 1.17 bits per heavy atom. The fraction of sp³-hybridized carbons (Fsp3) is 0.611. The van der Waals surface area contributed by atoms with Crippen LogP contribution in [0.1, 0.15) is 52.0 Å². The van der Waals surface area contributed by atoms with Gasteiger partial charge < -0.3 is 15.4 Å². The zero-order valence-corrected chi connectivity index (χ0v) is 15.2. The van der Waals surface area contributed by atoms with Crippen LogP contribution in [0.2, 0.25) is 5.02 Å². The first-order chi connectivity index (χ1) is 10.7. The third-order valence-electron chi connectivity index (χ3n) is 4.02. The molecule has 1 aromatic carbocycles. The van der Waals surface area contributed by atoms with E-state index in [2.05, 4.69) is 23.6 Å². The van der Waals surface area contributed by atoms with Crippen molar-refractivity contribution in [3.05, 3.63) is 28.8 Å². The van der Waals surface area contributed by atoms with Crippen molar-refractivity contribution in [1.82, 2.24) is 5.32 Å². The second kappa shape index (κ2) is 7.43. The molecule has 4 nitrogen and oxygen atoms in total. The minimum absolute atomic E-state index is 0.190. The maximum absolute atomic E-state index is 11.8. The lowest BCUT2D eigenvalue weighted by Gasteiger charge is -2.31. The van der Waals surface area contributed by atoms with Gasteiger partial charge in [-0.1, -0.05) is 23.7 Å². The van der Waals surface area contributed by atoms with E-state index in [1.54, 1.807) is 0 Å². The largest absolute Gasteiger partial charge is 0.444 e. The topological polar surface area (TPSA) is 50.4 Å². The van der Waals surface area contributed by atoms with Gasteiger partial charge in [-0.3, -0.25) is 0 Å². The van der Waals surface area contributed by atoms with E-state index in [-0.39, 0.29) is 12.1 Å². The lowest BCUT2D eigenvalue weighted by molar-refractivity contribution is 0.0492. The monoisotopic (exact) mass is 338 g/mol. The molecular formula is C18H27ClN2O2. The van der Waals surface area contributed by atoms with Crippen molar-refractivity contribution in [2.45, 2.75) is 71.1 Å². The molecule has 128 valence electrons. The predicted octanol–water partition coefficient (Wildman–Crippen LogP) is 4.90. The number of carbonyl (C=O) groups excluding carboxylic acids is 1. The Hall–Kier alpha value is -1.42. The maximum Gasteiger partial charge on any atom is 0.407 e. The van der Waals surface area contributed by atoms with E-state index < -0.39 is 5.60 Å². The molecule has 0 spiro atoms. The number of amides is 1. The van der Waals surface area contributed by atoms with E-state index in [1.807, 2.05) is 32.9 Å². The van der Waals surface area contributed by atoms with Gasteiger partial charge in [0.2, 0.25) is 0 Å². The standard InChI is InChI=1S/C18H27ClN2O2/c1-12-6-5-7-15(19)16(12)20-13-8-10-14(11-9-13)21-17(22)23-18(2,3)4/h5-7,13-14,20H,8-11H2,1-4H3,(H,21,22). The molecule has 0 radical (unpaired) electrons. The molecule has 1 aliphatic carbocycles. The van der Waals surface area contributed by atoms with E-state index in [1.165, 1.54) is 0 Å². The van der Waals surface area contributed by atoms with Crippen LogP contribution in [-0.2, 0) is 4.74 Å². The van der Waals surface area contributed by atoms with Crippen molar-refractivity contribution >= 4 is 23.4 Å². The Balaban J connectivity index is 1.81. The average Bonchev–Trinajstić information content (AvgIpc) is 2.43. The Morgan fingerprint density at radius 2 is 1.78 bits per heavy atom. The molecule has 1 saturated carbocycles. The fourth-order valence-electron chi connectivity index (χ4n) is 2.88. The molecule has 1 amide bonds. The Labute approximate surface area is 143 Å². The summed E-state index contributed by atoms with van der Waals surface area (Å²) in [6.07, 6.45) is 3.58. The minimum Gasteiger partial charge on any atom is -0.444 e. The average molecular weight is 339 g/mol. The molecule has 5 heteroatoms. The van der Waals surface area contributed by atoms with Crippen molar-refractivity contribution in [2.24, 2.45) is 0 Å². The number of hydrogen-bond acceptors (Lipinski definition) is 3. The molecule has 0 aliphatic heterocycles. The van der Waals surface area contributed by atoms with Gasteiger partial charge >= 0.3 is 6.09 Å². The van der Waals surface area contributed by atoms with Crippen molar-refractivity contribution < 1.29 is 9.53 Å². The normalized spacial score (nSPS) is 21.6. The number of ether oxygens (including phenoxy) is 1. The van der Waals surface area contributed by atoms with Crippen molar-refractivity contribution in [2.75, 3.05) is 5.32 Å².